The SMILES string of the molecule is Cc1c(O)c(-c2ncc3c(=O)n(C4C[C@H]5COC[C@@H](C4)N5)ccc3n2)cc2cn(C)nc12. The maximum absolute atomic E-state index is 13.3. The smallest absolute Gasteiger partial charge is 0.261 e. The van der Waals surface area contributed by atoms with Gasteiger partial charge in [0.2, 0.25) is 0 Å². The lowest BCUT2D eigenvalue weighted by atomic mass is 9.92. The number of ether oxygens (including phenoxy) is 1. The van der Waals surface area contributed by atoms with Crippen molar-refractivity contribution < 1.29 is 9.84 Å². The summed E-state index contributed by atoms with van der Waals surface area (Å²) in [4.78, 5) is 22.3. The Morgan fingerprint density at radius 2 is 2.03 bits per heavy atom. The number of pyridine rings is 1. The lowest BCUT2D eigenvalue weighted by molar-refractivity contribution is 0.00975. The van der Waals surface area contributed by atoms with E-state index in [0.29, 0.717) is 41.1 Å². The van der Waals surface area contributed by atoms with E-state index in [1.807, 2.05) is 43.1 Å². The van der Waals surface area contributed by atoms with Crippen molar-refractivity contribution in [2.45, 2.75) is 37.9 Å². The van der Waals surface area contributed by atoms with E-state index in [4.69, 9.17) is 4.74 Å². The summed E-state index contributed by atoms with van der Waals surface area (Å²) in [6.07, 6.45) is 7.02. The Kier molecular flexibility index (Phi) is 4.31. The number of nitrogens with zero attached hydrogens (tertiary/aromatic N) is 5. The molecule has 9 nitrogen and oxygen atoms in total. The monoisotopic (exact) mass is 432 g/mol. The number of nitrogens with one attached hydrogen (secondary N) is 1. The van der Waals surface area contributed by atoms with Crippen LogP contribution in [0.25, 0.3) is 33.2 Å². The Labute approximate surface area is 183 Å². The van der Waals surface area contributed by atoms with Gasteiger partial charge in [0.25, 0.3) is 5.56 Å². The molecular weight excluding hydrogens is 408 g/mol. The first-order valence-corrected chi connectivity index (χ1v) is 10.9. The standard InChI is InChI=1S/C23H24N6O3/c1-12-20-13(9-28(2)27-20)5-17(21(12)30)22-24-8-18-19(26-22)3-4-29(23(18)31)16-6-14-10-32-11-15(7-16)25-14/h3-5,8-9,14-16,25,30H,6-7,10-11H2,1-2H3/t14-,15+,16?. The molecule has 5 heterocycles. The van der Waals surface area contributed by atoms with Crippen LogP contribution in [0.15, 0.2) is 35.5 Å². The van der Waals surface area contributed by atoms with Gasteiger partial charge in [-0.1, -0.05) is 0 Å². The summed E-state index contributed by atoms with van der Waals surface area (Å²) in [6.45, 7) is 3.20. The Balaban J connectivity index is 1.42. The van der Waals surface area contributed by atoms with Crippen LogP contribution in [0.3, 0.4) is 0 Å². The number of phenols is 1. The third kappa shape index (κ3) is 3.00. The van der Waals surface area contributed by atoms with Crippen molar-refractivity contribution in [3.63, 3.8) is 0 Å². The average molecular weight is 432 g/mol. The Bertz CT molecular complexity index is 1410. The molecule has 0 radical (unpaired) electrons. The molecule has 3 atom stereocenters. The van der Waals surface area contributed by atoms with Crippen molar-refractivity contribution in [1.82, 2.24) is 29.6 Å². The molecule has 4 aromatic rings. The highest BCUT2D eigenvalue weighted by Gasteiger charge is 2.33. The van der Waals surface area contributed by atoms with Gasteiger partial charge in [0.1, 0.15) is 5.75 Å². The molecule has 2 fully saturated rings. The van der Waals surface area contributed by atoms with E-state index in [9.17, 15) is 9.90 Å². The number of piperidine rings is 1. The predicted octanol–water partition coefficient (Wildman–Crippen LogP) is 2.05. The number of rotatable bonds is 2. The minimum absolute atomic E-state index is 0.0805. The zero-order chi connectivity index (χ0) is 22.0. The molecule has 0 saturated carbocycles. The number of phenolic OH excluding ortho intramolecular Hbond substituents is 1. The summed E-state index contributed by atoms with van der Waals surface area (Å²) in [5, 5.41) is 20.1. The molecule has 2 aliphatic heterocycles. The summed E-state index contributed by atoms with van der Waals surface area (Å²) in [5.41, 5.74) is 2.44. The van der Waals surface area contributed by atoms with Crippen LogP contribution in [0.5, 0.6) is 5.75 Å². The molecule has 9 heteroatoms. The molecule has 2 saturated heterocycles. The molecule has 0 amide bonds. The van der Waals surface area contributed by atoms with Crippen molar-refractivity contribution in [2.24, 2.45) is 7.05 Å². The molecule has 1 unspecified atom stereocenters. The Morgan fingerprint density at radius 1 is 1.25 bits per heavy atom. The minimum atomic E-state index is -0.0805. The highest BCUT2D eigenvalue weighted by molar-refractivity contribution is 5.90. The molecule has 3 aromatic heterocycles. The number of aromatic nitrogens is 5. The van der Waals surface area contributed by atoms with Crippen LogP contribution in [-0.4, -0.2) is 54.7 Å². The first kappa shape index (κ1) is 19.4. The zero-order valence-corrected chi connectivity index (χ0v) is 17.9. The fourth-order valence-corrected chi connectivity index (χ4v) is 5.11. The summed E-state index contributed by atoms with van der Waals surface area (Å²) < 4.78 is 9.16. The van der Waals surface area contributed by atoms with Gasteiger partial charge in [-0.2, -0.15) is 5.10 Å². The summed E-state index contributed by atoms with van der Waals surface area (Å²) >= 11 is 0. The van der Waals surface area contributed by atoms with Crippen molar-refractivity contribution >= 4 is 21.8 Å². The molecule has 2 bridgehead atoms. The van der Waals surface area contributed by atoms with Gasteiger partial charge in [0, 0.05) is 54.7 Å². The molecule has 6 rings (SSSR count). The van der Waals surface area contributed by atoms with Gasteiger partial charge in [-0.05, 0) is 31.9 Å². The predicted molar refractivity (Wildman–Crippen MR) is 120 cm³/mol. The van der Waals surface area contributed by atoms with Crippen LogP contribution >= 0.6 is 0 Å². The van der Waals surface area contributed by atoms with E-state index < -0.39 is 0 Å². The summed E-state index contributed by atoms with van der Waals surface area (Å²) in [6, 6.07) is 4.39. The van der Waals surface area contributed by atoms with Crippen LogP contribution < -0.4 is 10.9 Å². The van der Waals surface area contributed by atoms with Crippen LogP contribution in [0.2, 0.25) is 0 Å². The second-order valence-corrected chi connectivity index (χ2v) is 8.88. The number of aromatic hydroxyl groups is 1. The second kappa shape index (κ2) is 7.11. The van der Waals surface area contributed by atoms with Gasteiger partial charge in [-0.25, -0.2) is 9.97 Å². The first-order valence-electron chi connectivity index (χ1n) is 10.9. The van der Waals surface area contributed by atoms with E-state index in [-0.39, 0.29) is 29.4 Å². The van der Waals surface area contributed by atoms with Gasteiger partial charge in [-0.15, -0.1) is 0 Å². The number of morpholine rings is 1. The highest BCUT2D eigenvalue weighted by Crippen LogP contribution is 2.35. The quantitative estimate of drug-likeness (QED) is 0.499. The topological polar surface area (TPSA) is 107 Å². The van der Waals surface area contributed by atoms with Gasteiger partial charge in [0.05, 0.1) is 35.2 Å². The van der Waals surface area contributed by atoms with E-state index in [2.05, 4.69) is 20.4 Å². The van der Waals surface area contributed by atoms with E-state index in [0.717, 1.165) is 23.7 Å². The molecule has 164 valence electrons. The van der Waals surface area contributed by atoms with Crippen LogP contribution in [-0.2, 0) is 11.8 Å². The third-order valence-electron chi connectivity index (χ3n) is 6.66. The van der Waals surface area contributed by atoms with E-state index in [1.165, 1.54) is 0 Å². The second-order valence-electron chi connectivity index (χ2n) is 8.88. The van der Waals surface area contributed by atoms with E-state index >= 15 is 0 Å². The number of aryl methyl sites for hydroxylation is 2. The largest absolute Gasteiger partial charge is 0.507 e. The number of hydrogen-bond acceptors (Lipinski definition) is 7. The summed E-state index contributed by atoms with van der Waals surface area (Å²) in [7, 11) is 1.84. The molecule has 32 heavy (non-hydrogen) atoms. The highest BCUT2D eigenvalue weighted by atomic mass is 16.5. The molecule has 1 aromatic carbocycles. The minimum Gasteiger partial charge on any atom is -0.507 e. The third-order valence-corrected chi connectivity index (χ3v) is 6.66. The molecule has 0 spiro atoms. The molecule has 2 aliphatic rings. The van der Waals surface area contributed by atoms with Gasteiger partial charge >= 0.3 is 0 Å². The van der Waals surface area contributed by atoms with Crippen LogP contribution in [0.4, 0.5) is 0 Å². The van der Waals surface area contributed by atoms with Crippen molar-refractivity contribution in [1.29, 1.82) is 0 Å². The fourth-order valence-electron chi connectivity index (χ4n) is 5.11. The first-order chi connectivity index (χ1) is 15.5. The Hall–Kier alpha value is -3.30. The van der Waals surface area contributed by atoms with Crippen molar-refractivity contribution in [3.8, 4) is 17.1 Å². The van der Waals surface area contributed by atoms with Crippen LogP contribution in [0.1, 0.15) is 24.4 Å². The fraction of sp³-hybridized carbons (Fsp3) is 0.391. The lowest BCUT2D eigenvalue weighted by Gasteiger charge is -2.40. The Morgan fingerprint density at radius 3 is 2.81 bits per heavy atom. The van der Waals surface area contributed by atoms with Gasteiger partial charge in [-0.3, -0.25) is 9.48 Å². The molecular formula is C23H24N6O3. The number of benzene rings is 1. The molecule has 0 aliphatic carbocycles. The average Bonchev–Trinajstić information content (AvgIpc) is 3.16. The van der Waals surface area contributed by atoms with Crippen molar-refractivity contribution in [3.05, 3.63) is 46.6 Å². The number of hydrogen-bond donors (Lipinski definition) is 2. The maximum atomic E-state index is 13.3. The van der Waals surface area contributed by atoms with E-state index in [1.54, 1.807) is 10.9 Å². The van der Waals surface area contributed by atoms with Gasteiger partial charge in [0.15, 0.2) is 5.82 Å². The lowest BCUT2D eigenvalue weighted by Crippen LogP contribution is -2.54. The van der Waals surface area contributed by atoms with Gasteiger partial charge < -0.3 is 19.7 Å². The maximum Gasteiger partial charge on any atom is 0.261 e. The summed E-state index contributed by atoms with van der Waals surface area (Å²) in [5.74, 6) is 0.488. The normalized spacial score (nSPS) is 23.1. The zero-order valence-electron chi connectivity index (χ0n) is 17.9. The van der Waals surface area contributed by atoms with Crippen molar-refractivity contribution in [2.75, 3.05) is 13.2 Å². The van der Waals surface area contributed by atoms with Crippen LogP contribution in [0, 0.1) is 6.92 Å². The number of fused-ring (bicyclic) bond motifs is 4. The molecule has 2 N–H and O–H groups in total.